The van der Waals surface area contributed by atoms with E-state index in [1.165, 1.54) is 22.3 Å². The molecule has 1 atom stereocenters. The molecule has 1 amide bonds. The van der Waals surface area contributed by atoms with Crippen LogP contribution in [-0.4, -0.2) is 71.2 Å². The summed E-state index contributed by atoms with van der Waals surface area (Å²) >= 11 is 1.26. The van der Waals surface area contributed by atoms with Crippen LogP contribution in [0.15, 0.2) is 30.5 Å². The van der Waals surface area contributed by atoms with Crippen LogP contribution in [0.3, 0.4) is 0 Å². The second-order valence-corrected chi connectivity index (χ2v) is 10.2. The number of fused-ring (bicyclic) bond motifs is 1. The number of alkyl halides is 2. The van der Waals surface area contributed by atoms with Crippen LogP contribution in [0.25, 0.3) is 10.9 Å². The number of carbonyl (C=O) groups excluding carboxylic acids is 1. The molecule has 2 aromatic heterocycles. The van der Waals surface area contributed by atoms with Gasteiger partial charge in [0.15, 0.2) is 0 Å². The number of benzene rings is 1. The summed E-state index contributed by atoms with van der Waals surface area (Å²) < 4.78 is 25.2. The highest BCUT2D eigenvalue weighted by Gasteiger charge is 2.24. The topological polar surface area (TPSA) is 77.1 Å². The predicted molar refractivity (Wildman–Crippen MR) is 132 cm³/mol. The van der Waals surface area contributed by atoms with Gasteiger partial charge in [-0.3, -0.25) is 9.69 Å². The maximum atomic E-state index is 13.0. The van der Waals surface area contributed by atoms with E-state index in [-0.39, 0.29) is 18.5 Å². The molecule has 0 saturated carbocycles. The molecule has 7 nitrogen and oxygen atoms in total. The summed E-state index contributed by atoms with van der Waals surface area (Å²) in [6.07, 6.45) is 2.32. The van der Waals surface area contributed by atoms with Gasteiger partial charge in [-0.15, -0.1) is 10.2 Å². The number of nitrogens with one attached hydrogen (secondary N) is 2. The van der Waals surface area contributed by atoms with Crippen molar-refractivity contribution >= 4 is 33.3 Å². The lowest BCUT2D eigenvalue weighted by Gasteiger charge is -2.33. The first kappa shape index (κ1) is 24.5. The average Bonchev–Trinajstić information content (AvgIpc) is 3.46. The lowest BCUT2D eigenvalue weighted by molar-refractivity contribution is 0.0854. The highest BCUT2D eigenvalue weighted by Crippen LogP contribution is 2.24. The van der Waals surface area contributed by atoms with E-state index in [0.29, 0.717) is 42.2 Å². The number of aromatic amines is 1. The molecular formula is C24H32F2N6OS. The van der Waals surface area contributed by atoms with Gasteiger partial charge in [-0.25, -0.2) is 8.78 Å². The number of rotatable bonds is 10. The first-order valence-electron chi connectivity index (χ1n) is 11.8. The van der Waals surface area contributed by atoms with E-state index in [9.17, 15) is 13.6 Å². The van der Waals surface area contributed by atoms with Crippen molar-refractivity contribution in [1.29, 1.82) is 0 Å². The van der Waals surface area contributed by atoms with E-state index in [2.05, 4.69) is 46.5 Å². The number of H-pyrrole nitrogens is 1. The number of aromatic nitrogens is 3. The predicted octanol–water partition coefficient (Wildman–Crippen LogP) is 4.18. The second-order valence-electron chi connectivity index (χ2n) is 9.27. The zero-order valence-corrected chi connectivity index (χ0v) is 20.5. The number of nitrogens with zero attached hydrogens (tertiary/aromatic N) is 4. The molecule has 1 aromatic carbocycles. The molecule has 1 aliphatic heterocycles. The molecule has 3 heterocycles. The van der Waals surface area contributed by atoms with Gasteiger partial charge in [-0.2, -0.15) is 0 Å². The zero-order chi connectivity index (χ0) is 24.1. The molecule has 3 aromatic rings. The number of amides is 1. The maximum absolute atomic E-state index is 13.0. The number of para-hydroxylation sites is 1. The zero-order valence-electron chi connectivity index (χ0n) is 19.6. The van der Waals surface area contributed by atoms with Crippen molar-refractivity contribution in [2.75, 3.05) is 37.6 Å². The van der Waals surface area contributed by atoms with Crippen LogP contribution in [-0.2, 0) is 6.42 Å². The first-order valence-corrected chi connectivity index (χ1v) is 12.7. The van der Waals surface area contributed by atoms with Crippen molar-refractivity contribution in [3.05, 3.63) is 41.0 Å². The Kier molecular flexibility index (Phi) is 8.10. The van der Waals surface area contributed by atoms with Crippen molar-refractivity contribution in [2.24, 2.45) is 5.92 Å². The Morgan fingerprint density at radius 1 is 1.15 bits per heavy atom. The standard InChI is InChI=1S/C24H32F2N6OS/c1-16(2)7-8-18(13-17-14-27-20-6-4-3-5-19(17)20)28-22(33)23-29-30-24(34-23)32-11-9-31(10-12-32)15-21(25)26/h3-6,14,16,18,21,27H,7-13,15H2,1-2H3,(H,28,33). The molecule has 34 heavy (non-hydrogen) atoms. The Bertz CT molecular complexity index is 1080. The summed E-state index contributed by atoms with van der Waals surface area (Å²) in [5.74, 6) is 0.327. The number of piperazine rings is 1. The Balaban J connectivity index is 1.39. The molecular weight excluding hydrogens is 458 g/mol. The second kappa shape index (κ2) is 11.2. The molecule has 1 aliphatic rings. The van der Waals surface area contributed by atoms with Crippen molar-refractivity contribution in [3.8, 4) is 0 Å². The minimum absolute atomic E-state index is 0.0145. The first-order chi connectivity index (χ1) is 16.4. The van der Waals surface area contributed by atoms with E-state index < -0.39 is 6.43 Å². The largest absolute Gasteiger partial charge is 0.361 e. The van der Waals surface area contributed by atoms with Crippen LogP contribution in [0.4, 0.5) is 13.9 Å². The Labute approximate surface area is 202 Å². The molecule has 1 fully saturated rings. The number of halogens is 2. The highest BCUT2D eigenvalue weighted by atomic mass is 32.1. The van der Waals surface area contributed by atoms with Crippen LogP contribution in [0.2, 0.25) is 0 Å². The van der Waals surface area contributed by atoms with E-state index in [1.807, 2.05) is 23.2 Å². The molecule has 10 heteroatoms. The minimum Gasteiger partial charge on any atom is -0.361 e. The molecule has 0 aliphatic carbocycles. The molecule has 0 radical (unpaired) electrons. The summed E-state index contributed by atoms with van der Waals surface area (Å²) in [5, 5.41) is 13.7. The van der Waals surface area contributed by atoms with Crippen molar-refractivity contribution in [2.45, 2.75) is 45.6 Å². The van der Waals surface area contributed by atoms with Gasteiger partial charge in [-0.1, -0.05) is 43.4 Å². The quantitative estimate of drug-likeness (QED) is 0.446. The number of hydrogen-bond acceptors (Lipinski definition) is 6. The van der Waals surface area contributed by atoms with Gasteiger partial charge in [0.25, 0.3) is 12.3 Å². The van der Waals surface area contributed by atoms with Gasteiger partial charge in [0.05, 0.1) is 6.54 Å². The van der Waals surface area contributed by atoms with Crippen LogP contribution in [0.1, 0.15) is 42.1 Å². The molecule has 2 N–H and O–H groups in total. The number of hydrogen-bond donors (Lipinski definition) is 2. The van der Waals surface area contributed by atoms with E-state index in [1.54, 1.807) is 4.90 Å². The molecule has 1 unspecified atom stereocenters. The third-order valence-electron chi connectivity index (χ3n) is 6.22. The van der Waals surface area contributed by atoms with Gasteiger partial charge >= 0.3 is 0 Å². The Hall–Kier alpha value is -2.59. The van der Waals surface area contributed by atoms with Crippen LogP contribution in [0.5, 0.6) is 0 Å². The molecule has 184 valence electrons. The van der Waals surface area contributed by atoms with Crippen LogP contribution < -0.4 is 10.2 Å². The summed E-state index contributed by atoms with van der Waals surface area (Å²) in [5.41, 5.74) is 2.28. The van der Waals surface area contributed by atoms with Gasteiger partial charge in [-0.05, 0) is 36.8 Å². The van der Waals surface area contributed by atoms with Crippen molar-refractivity contribution in [1.82, 2.24) is 25.4 Å². The van der Waals surface area contributed by atoms with Crippen LogP contribution in [0, 0.1) is 5.92 Å². The maximum Gasteiger partial charge on any atom is 0.282 e. The monoisotopic (exact) mass is 490 g/mol. The molecule has 0 spiro atoms. The third-order valence-corrected chi connectivity index (χ3v) is 7.20. The van der Waals surface area contributed by atoms with Gasteiger partial charge in [0, 0.05) is 49.3 Å². The highest BCUT2D eigenvalue weighted by molar-refractivity contribution is 7.17. The summed E-state index contributed by atoms with van der Waals surface area (Å²) in [4.78, 5) is 20.1. The van der Waals surface area contributed by atoms with Crippen LogP contribution >= 0.6 is 11.3 Å². The Morgan fingerprint density at radius 3 is 2.65 bits per heavy atom. The molecule has 4 rings (SSSR count). The van der Waals surface area contributed by atoms with Gasteiger partial charge < -0.3 is 15.2 Å². The lowest BCUT2D eigenvalue weighted by atomic mass is 9.97. The van der Waals surface area contributed by atoms with Crippen molar-refractivity contribution < 1.29 is 13.6 Å². The summed E-state index contributed by atoms with van der Waals surface area (Å²) in [6.45, 7) is 6.46. The van der Waals surface area contributed by atoms with Gasteiger partial charge in [0.2, 0.25) is 10.1 Å². The summed E-state index contributed by atoms with van der Waals surface area (Å²) in [7, 11) is 0. The fraction of sp³-hybridized carbons (Fsp3) is 0.542. The normalized spacial score (nSPS) is 16.0. The molecule has 1 saturated heterocycles. The van der Waals surface area contributed by atoms with E-state index in [0.717, 1.165) is 24.8 Å². The molecule has 0 bridgehead atoms. The van der Waals surface area contributed by atoms with Crippen molar-refractivity contribution in [3.63, 3.8) is 0 Å². The van der Waals surface area contributed by atoms with Gasteiger partial charge in [0.1, 0.15) is 0 Å². The third kappa shape index (κ3) is 6.29. The Morgan fingerprint density at radius 2 is 1.91 bits per heavy atom. The summed E-state index contributed by atoms with van der Waals surface area (Å²) in [6, 6.07) is 8.17. The lowest BCUT2D eigenvalue weighted by Crippen LogP contribution is -2.47. The number of anilines is 1. The SMILES string of the molecule is CC(C)CCC(Cc1c[nH]c2ccccc12)NC(=O)c1nnc(N2CCN(CC(F)F)CC2)s1. The minimum atomic E-state index is -2.32. The average molecular weight is 491 g/mol. The number of carbonyl (C=O) groups is 1. The smallest absolute Gasteiger partial charge is 0.282 e. The van der Waals surface area contributed by atoms with E-state index in [4.69, 9.17) is 0 Å². The fourth-order valence-electron chi connectivity index (χ4n) is 4.32. The van der Waals surface area contributed by atoms with E-state index >= 15 is 0 Å². The fourth-order valence-corrected chi connectivity index (χ4v) is 5.12.